The second kappa shape index (κ2) is 10.3. The maximum absolute atomic E-state index is 13.0. The fourth-order valence-corrected chi connectivity index (χ4v) is 4.99. The Labute approximate surface area is 219 Å². The third-order valence-corrected chi connectivity index (χ3v) is 6.89. The number of halogens is 1. The van der Waals surface area contributed by atoms with Crippen molar-refractivity contribution < 1.29 is 4.42 Å². The molecule has 0 saturated carbocycles. The van der Waals surface area contributed by atoms with Crippen LogP contribution in [0.25, 0.3) is 32.9 Å². The molecule has 10 heteroatoms. The van der Waals surface area contributed by atoms with Gasteiger partial charge in [-0.05, 0) is 24.1 Å². The highest BCUT2D eigenvalue weighted by molar-refractivity contribution is 5.97. The summed E-state index contributed by atoms with van der Waals surface area (Å²) in [5.74, 6) is 0.884. The molecule has 1 fully saturated rings. The van der Waals surface area contributed by atoms with Crippen LogP contribution in [0.15, 0.2) is 70.3 Å². The van der Waals surface area contributed by atoms with Crippen molar-refractivity contribution in [3.8, 4) is 11.1 Å². The first-order chi connectivity index (χ1) is 17.6. The first-order valence-corrected chi connectivity index (χ1v) is 12.1. The molecule has 3 N–H and O–H groups in total. The van der Waals surface area contributed by atoms with E-state index in [-0.39, 0.29) is 18.0 Å². The Bertz CT molecular complexity index is 1610. The van der Waals surface area contributed by atoms with Crippen molar-refractivity contribution in [3.05, 3.63) is 82.8 Å². The van der Waals surface area contributed by atoms with Gasteiger partial charge in [0.25, 0.3) is 0 Å². The number of aromatic nitrogens is 4. The summed E-state index contributed by atoms with van der Waals surface area (Å²) in [5, 5.41) is 9.96. The lowest BCUT2D eigenvalue weighted by Crippen LogP contribution is -2.42. The fourth-order valence-electron chi connectivity index (χ4n) is 4.99. The molecule has 1 saturated heterocycles. The SMILES string of the molecule is CC(c1oc(=O)c2ccccc2c1-c1ccc(CN2CCNCC2)cc1)n1ncc2c(N)ncnc21.Cl. The van der Waals surface area contributed by atoms with Gasteiger partial charge >= 0.3 is 5.63 Å². The summed E-state index contributed by atoms with van der Waals surface area (Å²) >= 11 is 0. The highest BCUT2D eigenvalue weighted by Crippen LogP contribution is 2.36. The second-order valence-corrected chi connectivity index (χ2v) is 9.16. The first-order valence-electron chi connectivity index (χ1n) is 12.1. The molecule has 37 heavy (non-hydrogen) atoms. The minimum Gasteiger partial charge on any atom is -0.424 e. The molecule has 9 nitrogen and oxygen atoms in total. The number of rotatable bonds is 5. The van der Waals surface area contributed by atoms with E-state index in [1.165, 1.54) is 11.9 Å². The van der Waals surface area contributed by atoms with Crippen LogP contribution >= 0.6 is 12.4 Å². The summed E-state index contributed by atoms with van der Waals surface area (Å²) in [4.78, 5) is 23.9. The van der Waals surface area contributed by atoms with Crippen LogP contribution in [0, 0.1) is 0 Å². The maximum Gasteiger partial charge on any atom is 0.343 e. The summed E-state index contributed by atoms with van der Waals surface area (Å²) < 4.78 is 7.71. The predicted molar refractivity (Wildman–Crippen MR) is 147 cm³/mol. The molecular weight excluding hydrogens is 490 g/mol. The summed E-state index contributed by atoms with van der Waals surface area (Å²) in [6.07, 6.45) is 3.06. The second-order valence-electron chi connectivity index (χ2n) is 9.16. The van der Waals surface area contributed by atoms with Gasteiger partial charge in [-0.3, -0.25) is 4.90 Å². The van der Waals surface area contributed by atoms with Crippen molar-refractivity contribution in [2.75, 3.05) is 31.9 Å². The fraction of sp³-hybridized carbons (Fsp3) is 0.259. The number of piperazine rings is 1. The number of nitrogens with one attached hydrogen (secondary N) is 1. The van der Waals surface area contributed by atoms with E-state index in [2.05, 4.69) is 49.5 Å². The summed E-state index contributed by atoms with van der Waals surface area (Å²) in [6, 6.07) is 15.7. The van der Waals surface area contributed by atoms with Gasteiger partial charge in [-0.25, -0.2) is 19.4 Å². The molecule has 3 aromatic heterocycles. The number of hydrogen-bond acceptors (Lipinski definition) is 8. The zero-order chi connectivity index (χ0) is 24.6. The Hall–Kier alpha value is -3.79. The molecule has 0 aliphatic carbocycles. The molecule has 2 aromatic carbocycles. The van der Waals surface area contributed by atoms with Crippen LogP contribution in [0.2, 0.25) is 0 Å². The Balaban J connectivity index is 0.00000280. The smallest absolute Gasteiger partial charge is 0.343 e. The van der Waals surface area contributed by atoms with Crippen molar-refractivity contribution in [2.45, 2.75) is 19.5 Å². The molecular formula is C27H28ClN7O2. The standard InChI is InChI=1S/C27H27N7O2.ClH/c1-17(34-26-22(14-32-34)25(28)30-16-31-26)24-23(20-4-2-3-5-21(20)27(35)36-24)19-8-6-18(7-9-19)15-33-12-10-29-11-13-33;/h2-9,14,16-17,29H,10-13,15H2,1H3,(H2,28,30,31);1H. The van der Waals surface area contributed by atoms with E-state index in [4.69, 9.17) is 10.2 Å². The summed E-state index contributed by atoms with van der Waals surface area (Å²) in [6.45, 7) is 6.99. The Morgan fingerprint density at radius 3 is 2.51 bits per heavy atom. The van der Waals surface area contributed by atoms with Gasteiger partial charge in [-0.2, -0.15) is 5.10 Å². The number of hydrogen-bond donors (Lipinski definition) is 2. The molecule has 5 aromatic rings. The van der Waals surface area contributed by atoms with Gasteiger partial charge in [0.15, 0.2) is 5.65 Å². The van der Waals surface area contributed by atoms with Crippen molar-refractivity contribution in [2.24, 2.45) is 0 Å². The van der Waals surface area contributed by atoms with Crippen LogP contribution < -0.4 is 16.7 Å². The third-order valence-electron chi connectivity index (χ3n) is 6.89. The molecule has 1 atom stereocenters. The van der Waals surface area contributed by atoms with Crippen LogP contribution in [0.3, 0.4) is 0 Å². The van der Waals surface area contributed by atoms with E-state index in [1.807, 2.05) is 25.1 Å². The van der Waals surface area contributed by atoms with Gasteiger partial charge in [-0.15, -0.1) is 12.4 Å². The van der Waals surface area contributed by atoms with Crippen LogP contribution in [0.5, 0.6) is 0 Å². The highest BCUT2D eigenvalue weighted by atomic mass is 35.5. The molecule has 190 valence electrons. The lowest BCUT2D eigenvalue weighted by atomic mass is 9.95. The van der Waals surface area contributed by atoms with Gasteiger partial charge in [-0.1, -0.05) is 42.5 Å². The predicted octanol–water partition coefficient (Wildman–Crippen LogP) is 3.62. The van der Waals surface area contributed by atoms with Gasteiger partial charge in [0.05, 0.1) is 17.0 Å². The van der Waals surface area contributed by atoms with Crippen LogP contribution in [0.1, 0.15) is 24.3 Å². The zero-order valence-electron chi connectivity index (χ0n) is 20.4. The van der Waals surface area contributed by atoms with Crippen molar-refractivity contribution in [3.63, 3.8) is 0 Å². The number of fused-ring (bicyclic) bond motifs is 2. The number of nitrogens with two attached hydrogens (primary N) is 1. The topological polar surface area (TPSA) is 115 Å². The van der Waals surface area contributed by atoms with Gasteiger partial charge in [0, 0.05) is 43.7 Å². The number of nitrogen functional groups attached to an aromatic ring is 1. The van der Waals surface area contributed by atoms with Crippen LogP contribution in [0.4, 0.5) is 5.82 Å². The lowest BCUT2D eigenvalue weighted by molar-refractivity contribution is 0.233. The molecule has 0 amide bonds. The summed E-state index contributed by atoms with van der Waals surface area (Å²) in [5.41, 5.74) is 9.34. The van der Waals surface area contributed by atoms with Crippen LogP contribution in [-0.4, -0.2) is 50.8 Å². The molecule has 4 heterocycles. The minimum absolute atomic E-state index is 0. The van der Waals surface area contributed by atoms with E-state index in [9.17, 15) is 4.79 Å². The zero-order valence-corrected chi connectivity index (χ0v) is 21.2. The lowest BCUT2D eigenvalue weighted by Gasteiger charge is -2.27. The summed E-state index contributed by atoms with van der Waals surface area (Å²) in [7, 11) is 0. The van der Waals surface area contributed by atoms with Crippen molar-refractivity contribution in [1.29, 1.82) is 0 Å². The molecule has 6 rings (SSSR count). The van der Waals surface area contributed by atoms with Crippen LogP contribution in [-0.2, 0) is 6.54 Å². The highest BCUT2D eigenvalue weighted by Gasteiger charge is 2.24. The monoisotopic (exact) mass is 517 g/mol. The largest absolute Gasteiger partial charge is 0.424 e. The minimum atomic E-state index is -0.412. The number of nitrogens with zero attached hydrogens (tertiary/aromatic N) is 5. The van der Waals surface area contributed by atoms with Gasteiger partial charge in [0.1, 0.15) is 23.9 Å². The number of anilines is 1. The molecule has 1 aliphatic rings. The first kappa shape index (κ1) is 24.9. The molecule has 0 spiro atoms. The molecule has 1 unspecified atom stereocenters. The Morgan fingerprint density at radius 1 is 1.03 bits per heavy atom. The van der Waals surface area contributed by atoms with Gasteiger partial charge in [0.2, 0.25) is 0 Å². The normalized spacial score (nSPS) is 15.1. The average molecular weight is 518 g/mol. The van der Waals surface area contributed by atoms with E-state index < -0.39 is 6.04 Å². The van der Waals surface area contributed by atoms with Crippen molar-refractivity contribution >= 4 is 40.0 Å². The quantitative estimate of drug-likeness (QED) is 0.363. The maximum atomic E-state index is 13.0. The molecule has 1 aliphatic heterocycles. The van der Waals surface area contributed by atoms with Crippen molar-refractivity contribution in [1.82, 2.24) is 30.0 Å². The Kier molecular flexibility index (Phi) is 6.92. The Morgan fingerprint density at radius 2 is 1.76 bits per heavy atom. The molecule has 0 radical (unpaired) electrons. The number of benzene rings is 2. The van der Waals surface area contributed by atoms with E-state index in [1.54, 1.807) is 16.9 Å². The molecule has 0 bridgehead atoms. The van der Waals surface area contributed by atoms with Gasteiger partial charge < -0.3 is 15.5 Å². The average Bonchev–Trinajstić information content (AvgIpc) is 3.35. The van der Waals surface area contributed by atoms with E-state index in [0.717, 1.165) is 49.2 Å². The van der Waals surface area contributed by atoms with E-state index in [0.29, 0.717) is 28.0 Å². The third kappa shape index (κ3) is 4.57. The van der Waals surface area contributed by atoms with E-state index >= 15 is 0 Å².